The Morgan fingerprint density at radius 3 is 2.23 bits per heavy atom. The van der Waals surface area contributed by atoms with Crippen LogP contribution in [-0.4, -0.2) is 48.9 Å². The number of aromatic nitrogens is 2. The molecular formula is C34H39N3O5S2. The van der Waals surface area contributed by atoms with E-state index < -0.39 is 5.97 Å². The quantitative estimate of drug-likeness (QED) is 0.135. The summed E-state index contributed by atoms with van der Waals surface area (Å²) in [6.45, 7) is 6.78. The van der Waals surface area contributed by atoms with Gasteiger partial charge in [0.15, 0.2) is 5.16 Å². The Hall–Kier alpha value is -3.76. The smallest absolute Gasteiger partial charge is 0.341 e. The van der Waals surface area contributed by atoms with Crippen LogP contribution in [-0.2, 0) is 22.4 Å². The fourth-order valence-corrected chi connectivity index (χ4v) is 7.65. The number of esters is 1. The van der Waals surface area contributed by atoms with Gasteiger partial charge in [-0.25, -0.2) is 9.78 Å². The topological polar surface area (TPSA) is 103 Å². The predicted molar refractivity (Wildman–Crippen MR) is 177 cm³/mol. The van der Waals surface area contributed by atoms with E-state index in [9.17, 15) is 9.59 Å². The second-order valence-corrected chi connectivity index (χ2v) is 14.1. The van der Waals surface area contributed by atoms with Crippen LogP contribution in [0.25, 0.3) is 22.5 Å². The van der Waals surface area contributed by atoms with E-state index >= 15 is 0 Å². The highest BCUT2D eigenvalue weighted by Gasteiger charge is 2.34. The van der Waals surface area contributed by atoms with Crippen molar-refractivity contribution in [3.05, 3.63) is 64.5 Å². The third-order valence-electron chi connectivity index (χ3n) is 8.12. The van der Waals surface area contributed by atoms with Crippen LogP contribution in [0.3, 0.4) is 0 Å². The van der Waals surface area contributed by atoms with Crippen LogP contribution >= 0.6 is 23.1 Å². The van der Waals surface area contributed by atoms with Gasteiger partial charge in [0.25, 0.3) is 0 Å². The number of benzene rings is 2. The number of rotatable bonds is 10. The van der Waals surface area contributed by atoms with Gasteiger partial charge in [0.05, 0.1) is 38.3 Å². The van der Waals surface area contributed by atoms with E-state index in [1.807, 2.05) is 48.5 Å². The van der Waals surface area contributed by atoms with Crippen molar-refractivity contribution in [2.45, 2.75) is 51.6 Å². The fourth-order valence-electron chi connectivity index (χ4n) is 5.50. The maximum Gasteiger partial charge on any atom is 0.341 e. The Kier molecular flexibility index (Phi) is 9.70. The standard InChI is InChI=1S/C34H39N3O5S2/c1-34(2,3)22-11-16-25-26(19-22)44-31(28(25)32(39)42-6)35-27(38)17-18-43-33-36-29(20-7-12-23(40-4)13-8-20)30(37-33)21-9-14-24(41-5)15-10-21/h7-10,12-15,22H,11,16-19H2,1-6H3,(H,35,38)(H,36,37). The zero-order valence-corrected chi connectivity index (χ0v) is 27.7. The molecule has 2 heterocycles. The number of nitrogens with one attached hydrogen (secondary N) is 2. The summed E-state index contributed by atoms with van der Waals surface area (Å²) < 4.78 is 15.8. The van der Waals surface area contributed by atoms with Gasteiger partial charge >= 0.3 is 5.97 Å². The Bertz CT molecular complexity index is 1550. The molecule has 0 aliphatic heterocycles. The highest BCUT2D eigenvalue weighted by Crippen LogP contribution is 2.44. The number of amides is 1. The van der Waals surface area contributed by atoms with Crippen molar-refractivity contribution in [2.24, 2.45) is 11.3 Å². The summed E-state index contributed by atoms with van der Waals surface area (Å²) >= 11 is 2.99. The van der Waals surface area contributed by atoms with Crippen LogP contribution < -0.4 is 14.8 Å². The number of fused-ring (bicyclic) bond motifs is 1. The first kappa shape index (κ1) is 31.7. The highest BCUT2D eigenvalue weighted by molar-refractivity contribution is 7.99. The van der Waals surface area contributed by atoms with E-state index in [4.69, 9.17) is 19.2 Å². The molecule has 0 radical (unpaired) electrons. The molecule has 1 atom stereocenters. The molecule has 0 fully saturated rings. The second kappa shape index (κ2) is 13.5. The monoisotopic (exact) mass is 633 g/mol. The van der Waals surface area contributed by atoms with Crippen molar-refractivity contribution in [1.82, 2.24) is 9.97 Å². The molecule has 0 spiro atoms. The molecular weight excluding hydrogens is 595 g/mol. The number of H-pyrrole nitrogens is 1. The SMILES string of the molecule is COC(=O)c1c(NC(=O)CCSc2nc(-c3ccc(OC)cc3)c(-c3ccc(OC)cc3)[nH]2)sc2c1CCC(C(C)(C)C)C2. The molecule has 1 amide bonds. The molecule has 2 aromatic heterocycles. The normalized spacial score (nSPS) is 14.5. The third-order valence-corrected chi connectivity index (χ3v) is 10.2. The van der Waals surface area contributed by atoms with Gasteiger partial charge in [-0.15, -0.1) is 11.3 Å². The lowest BCUT2D eigenvalue weighted by Crippen LogP contribution is -2.26. The van der Waals surface area contributed by atoms with E-state index in [-0.39, 0.29) is 17.7 Å². The number of methoxy groups -OCH3 is 3. The Morgan fingerprint density at radius 1 is 1.00 bits per heavy atom. The maximum absolute atomic E-state index is 13.1. The Balaban J connectivity index is 1.30. The van der Waals surface area contributed by atoms with Gasteiger partial charge in [0.2, 0.25) is 5.91 Å². The molecule has 2 N–H and O–H groups in total. The van der Waals surface area contributed by atoms with Crippen LogP contribution in [0.1, 0.15) is 54.4 Å². The molecule has 0 saturated carbocycles. The summed E-state index contributed by atoms with van der Waals surface area (Å²) in [5, 5.41) is 4.33. The van der Waals surface area contributed by atoms with E-state index in [0.29, 0.717) is 27.4 Å². The van der Waals surface area contributed by atoms with E-state index in [0.717, 1.165) is 58.8 Å². The van der Waals surface area contributed by atoms with E-state index in [2.05, 4.69) is 31.1 Å². The molecule has 1 unspecified atom stereocenters. The average molecular weight is 634 g/mol. The number of thioether (sulfide) groups is 1. The number of nitrogens with zero attached hydrogens (tertiary/aromatic N) is 1. The number of aromatic amines is 1. The van der Waals surface area contributed by atoms with Gasteiger partial charge in [-0.05, 0) is 84.7 Å². The van der Waals surface area contributed by atoms with Crippen LogP contribution in [0.15, 0.2) is 53.7 Å². The number of carbonyl (C=O) groups is 2. The average Bonchev–Trinajstić information content (AvgIpc) is 3.61. The number of ether oxygens (including phenoxy) is 3. The summed E-state index contributed by atoms with van der Waals surface area (Å²) in [6, 6.07) is 15.6. The fraction of sp³-hybridized carbons (Fsp3) is 0.382. The number of hydrogen-bond acceptors (Lipinski definition) is 8. The molecule has 0 saturated heterocycles. The number of imidazole rings is 1. The molecule has 232 valence electrons. The molecule has 44 heavy (non-hydrogen) atoms. The molecule has 1 aliphatic carbocycles. The van der Waals surface area contributed by atoms with E-state index in [1.165, 1.54) is 35.1 Å². The maximum atomic E-state index is 13.1. The zero-order valence-electron chi connectivity index (χ0n) is 26.0. The number of thiophene rings is 1. The van der Waals surface area contributed by atoms with Crippen molar-refractivity contribution in [3.63, 3.8) is 0 Å². The summed E-state index contributed by atoms with van der Waals surface area (Å²) in [6.07, 6.45) is 3.00. The largest absolute Gasteiger partial charge is 0.497 e. The predicted octanol–water partition coefficient (Wildman–Crippen LogP) is 7.88. The van der Waals surface area contributed by atoms with Crippen molar-refractivity contribution in [3.8, 4) is 34.0 Å². The first-order valence-electron chi connectivity index (χ1n) is 14.7. The highest BCUT2D eigenvalue weighted by atomic mass is 32.2. The zero-order chi connectivity index (χ0) is 31.4. The van der Waals surface area contributed by atoms with Crippen LogP contribution in [0.4, 0.5) is 5.00 Å². The molecule has 0 bridgehead atoms. The van der Waals surface area contributed by atoms with Crippen LogP contribution in [0, 0.1) is 11.3 Å². The summed E-state index contributed by atoms with van der Waals surface area (Å²) in [5.41, 5.74) is 5.33. The minimum atomic E-state index is -0.394. The molecule has 8 nitrogen and oxygen atoms in total. The number of carbonyl (C=O) groups excluding carboxylic acids is 2. The van der Waals surface area contributed by atoms with Gasteiger partial charge in [-0.3, -0.25) is 4.79 Å². The van der Waals surface area contributed by atoms with Gasteiger partial charge < -0.3 is 24.5 Å². The summed E-state index contributed by atoms with van der Waals surface area (Å²) in [4.78, 5) is 35.4. The summed E-state index contributed by atoms with van der Waals surface area (Å²) in [5.74, 6) is 2.04. The lowest BCUT2D eigenvalue weighted by atomic mass is 9.72. The molecule has 4 aromatic rings. The van der Waals surface area contributed by atoms with Crippen molar-refractivity contribution < 1.29 is 23.8 Å². The Morgan fingerprint density at radius 2 is 1.64 bits per heavy atom. The van der Waals surface area contributed by atoms with Gasteiger partial charge in [0.1, 0.15) is 16.5 Å². The van der Waals surface area contributed by atoms with Gasteiger partial charge in [-0.1, -0.05) is 32.5 Å². The van der Waals surface area contributed by atoms with Crippen molar-refractivity contribution in [1.29, 1.82) is 0 Å². The van der Waals surface area contributed by atoms with E-state index in [1.54, 1.807) is 14.2 Å². The molecule has 5 rings (SSSR count). The molecule has 2 aromatic carbocycles. The third kappa shape index (κ3) is 6.97. The summed E-state index contributed by atoms with van der Waals surface area (Å²) in [7, 11) is 4.67. The van der Waals surface area contributed by atoms with Gasteiger partial charge in [-0.2, -0.15) is 0 Å². The van der Waals surface area contributed by atoms with Crippen LogP contribution in [0.2, 0.25) is 0 Å². The second-order valence-electron chi connectivity index (χ2n) is 11.9. The lowest BCUT2D eigenvalue weighted by molar-refractivity contribution is -0.115. The lowest BCUT2D eigenvalue weighted by Gasteiger charge is -2.33. The molecule has 1 aliphatic rings. The number of anilines is 1. The van der Waals surface area contributed by atoms with Crippen LogP contribution in [0.5, 0.6) is 11.5 Å². The van der Waals surface area contributed by atoms with Crippen molar-refractivity contribution >= 4 is 40.0 Å². The minimum Gasteiger partial charge on any atom is -0.497 e. The number of hydrogen-bond donors (Lipinski definition) is 2. The van der Waals surface area contributed by atoms with Crippen molar-refractivity contribution in [2.75, 3.05) is 32.4 Å². The minimum absolute atomic E-state index is 0.147. The van der Waals surface area contributed by atoms with Gasteiger partial charge in [0, 0.05) is 28.2 Å². The first-order valence-corrected chi connectivity index (χ1v) is 16.5. The first-order chi connectivity index (χ1) is 21.1. The molecule has 10 heteroatoms. The Labute approximate surface area is 266 Å².